The molecule has 1 rings (SSSR count). The van der Waals surface area contributed by atoms with Crippen LogP contribution < -0.4 is 11.3 Å². The Kier molecular flexibility index (Phi) is 4.58. The zero-order valence-corrected chi connectivity index (χ0v) is 12.1. The monoisotopic (exact) mass is 258 g/mol. The predicted octanol–water partition coefficient (Wildman–Crippen LogP) is 2.19. The average Bonchev–Trinajstić information content (AvgIpc) is 2.51. The Balaban J connectivity index is 2.96. The first kappa shape index (κ1) is 14.5. The molecule has 0 saturated heterocycles. The zero-order valence-electron chi connectivity index (χ0n) is 11.3. The van der Waals surface area contributed by atoms with Gasteiger partial charge in [-0.2, -0.15) is 5.10 Å². The van der Waals surface area contributed by atoms with Crippen LogP contribution in [0.2, 0.25) is 5.02 Å². The summed E-state index contributed by atoms with van der Waals surface area (Å²) in [6.07, 6.45) is 1.84. The number of hydrazine groups is 1. The van der Waals surface area contributed by atoms with E-state index in [-0.39, 0.29) is 11.5 Å². The third-order valence-corrected chi connectivity index (χ3v) is 4.21. The molecular formula is C12H23ClN4. The molecule has 0 spiro atoms. The summed E-state index contributed by atoms with van der Waals surface area (Å²) >= 11 is 6.26. The molecule has 1 aromatic rings. The van der Waals surface area contributed by atoms with Crippen LogP contribution in [0.15, 0.2) is 0 Å². The van der Waals surface area contributed by atoms with Crippen molar-refractivity contribution >= 4 is 11.6 Å². The lowest BCUT2D eigenvalue weighted by Crippen LogP contribution is -2.47. The zero-order chi connectivity index (χ0) is 13.2. The Morgan fingerprint density at radius 2 is 2.12 bits per heavy atom. The fraction of sp³-hybridized carbons (Fsp3) is 0.750. The molecule has 0 amide bonds. The van der Waals surface area contributed by atoms with Crippen molar-refractivity contribution in [2.24, 2.45) is 18.3 Å². The highest BCUT2D eigenvalue weighted by molar-refractivity contribution is 6.31. The second kappa shape index (κ2) is 5.38. The average molecular weight is 259 g/mol. The summed E-state index contributed by atoms with van der Waals surface area (Å²) in [5, 5.41) is 5.07. The van der Waals surface area contributed by atoms with Crippen molar-refractivity contribution in [3.05, 3.63) is 16.4 Å². The number of nitrogens with two attached hydrogens (primary N) is 1. The Morgan fingerprint density at radius 3 is 2.47 bits per heavy atom. The molecule has 0 saturated carbocycles. The van der Waals surface area contributed by atoms with Gasteiger partial charge in [0, 0.05) is 19.5 Å². The molecule has 98 valence electrons. The molecule has 4 nitrogen and oxygen atoms in total. The van der Waals surface area contributed by atoms with Crippen LogP contribution in [0.5, 0.6) is 0 Å². The summed E-state index contributed by atoms with van der Waals surface area (Å²) in [5.74, 6) is 5.67. The molecular weight excluding hydrogens is 236 g/mol. The summed E-state index contributed by atoms with van der Waals surface area (Å²) in [6, 6.07) is 0.180. The molecule has 0 radical (unpaired) electrons. The van der Waals surface area contributed by atoms with E-state index in [1.807, 2.05) is 18.7 Å². The normalized spacial score (nSPS) is 14.1. The predicted molar refractivity (Wildman–Crippen MR) is 71.8 cm³/mol. The third kappa shape index (κ3) is 3.00. The molecule has 17 heavy (non-hydrogen) atoms. The summed E-state index contributed by atoms with van der Waals surface area (Å²) in [7, 11) is 1.92. The van der Waals surface area contributed by atoms with Crippen molar-refractivity contribution in [1.29, 1.82) is 0 Å². The van der Waals surface area contributed by atoms with Crippen LogP contribution in [0.3, 0.4) is 0 Å². The summed E-state index contributed by atoms with van der Waals surface area (Å²) < 4.78 is 1.84. The number of nitrogens with one attached hydrogen (secondary N) is 1. The second-order valence-electron chi connectivity index (χ2n) is 5.24. The largest absolute Gasteiger partial charge is 0.271 e. The molecule has 1 aromatic heterocycles. The first-order valence-electron chi connectivity index (χ1n) is 5.97. The molecule has 1 heterocycles. The fourth-order valence-corrected chi connectivity index (χ4v) is 2.14. The van der Waals surface area contributed by atoms with Crippen LogP contribution in [-0.4, -0.2) is 15.8 Å². The van der Waals surface area contributed by atoms with E-state index < -0.39 is 0 Å². The molecule has 0 aromatic carbocycles. The molecule has 5 heteroatoms. The molecule has 0 aliphatic rings. The van der Waals surface area contributed by atoms with E-state index in [4.69, 9.17) is 17.4 Å². The van der Waals surface area contributed by atoms with E-state index in [1.54, 1.807) is 0 Å². The van der Waals surface area contributed by atoms with Gasteiger partial charge in [-0.05, 0) is 18.8 Å². The van der Waals surface area contributed by atoms with Gasteiger partial charge in [0.2, 0.25) is 0 Å². The third-order valence-electron chi connectivity index (χ3n) is 3.71. The lowest BCUT2D eigenvalue weighted by Gasteiger charge is -2.33. The van der Waals surface area contributed by atoms with E-state index in [2.05, 4.69) is 31.3 Å². The van der Waals surface area contributed by atoms with E-state index in [0.29, 0.717) is 0 Å². The van der Waals surface area contributed by atoms with E-state index in [1.165, 1.54) is 0 Å². The number of hydrogen-bond donors (Lipinski definition) is 2. The van der Waals surface area contributed by atoms with Gasteiger partial charge in [-0.3, -0.25) is 16.0 Å². The van der Waals surface area contributed by atoms with Gasteiger partial charge >= 0.3 is 0 Å². The second-order valence-corrected chi connectivity index (χ2v) is 5.61. The van der Waals surface area contributed by atoms with Gasteiger partial charge in [-0.1, -0.05) is 32.4 Å². The van der Waals surface area contributed by atoms with Gasteiger partial charge in [0.05, 0.1) is 16.4 Å². The SMILES string of the molecule is CCC(C)(C)C(Cc1c(Cl)c(C)nn1C)NN. The van der Waals surface area contributed by atoms with E-state index >= 15 is 0 Å². The maximum atomic E-state index is 6.26. The van der Waals surface area contributed by atoms with Gasteiger partial charge in [0.15, 0.2) is 0 Å². The molecule has 0 aliphatic carbocycles. The molecule has 0 fully saturated rings. The van der Waals surface area contributed by atoms with Crippen molar-refractivity contribution in [1.82, 2.24) is 15.2 Å². The highest BCUT2D eigenvalue weighted by Crippen LogP contribution is 2.29. The highest BCUT2D eigenvalue weighted by atomic mass is 35.5. The van der Waals surface area contributed by atoms with Crippen LogP contribution in [-0.2, 0) is 13.5 Å². The summed E-state index contributed by atoms with van der Waals surface area (Å²) in [4.78, 5) is 0. The van der Waals surface area contributed by atoms with Gasteiger partial charge in [0.25, 0.3) is 0 Å². The Morgan fingerprint density at radius 1 is 1.53 bits per heavy atom. The van der Waals surface area contributed by atoms with Crippen LogP contribution in [0, 0.1) is 12.3 Å². The number of halogens is 1. The lowest BCUT2D eigenvalue weighted by molar-refractivity contribution is 0.229. The number of aromatic nitrogens is 2. The maximum Gasteiger partial charge on any atom is 0.0847 e. The highest BCUT2D eigenvalue weighted by Gasteiger charge is 2.29. The molecule has 1 unspecified atom stereocenters. The van der Waals surface area contributed by atoms with Crippen molar-refractivity contribution in [3.8, 4) is 0 Å². The Hall–Kier alpha value is -0.580. The number of aryl methyl sites for hydroxylation is 2. The number of nitrogens with zero attached hydrogens (tertiary/aromatic N) is 2. The van der Waals surface area contributed by atoms with Crippen LogP contribution in [0.25, 0.3) is 0 Å². The van der Waals surface area contributed by atoms with Crippen LogP contribution in [0.4, 0.5) is 0 Å². The minimum Gasteiger partial charge on any atom is -0.271 e. The summed E-state index contributed by atoms with van der Waals surface area (Å²) in [6.45, 7) is 8.49. The molecule has 1 atom stereocenters. The van der Waals surface area contributed by atoms with Gasteiger partial charge in [0.1, 0.15) is 0 Å². The quantitative estimate of drug-likeness (QED) is 0.629. The van der Waals surface area contributed by atoms with E-state index in [0.717, 1.165) is 29.3 Å². The minimum absolute atomic E-state index is 0.121. The minimum atomic E-state index is 0.121. The lowest BCUT2D eigenvalue weighted by atomic mass is 9.80. The first-order valence-corrected chi connectivity index (χ1v) is 6.35. The van der Waals surface area contributed by atoms with Crippen molar-refractivity contribution in [2.45, 2.75) is 46.6 Å². The van der Waals surface area contributed by atoms with Gasteiger partial charge in [-0.25, -0.2) is 0 Å². The molecule has 0 bridgehead atoms. The van der Waals surface area contributed by atoms with E-state index in [9.17, 15) is 0 Å². The topological polar surface area (TPSA) is 55.9 Å². The molecule has 0 aliphatic heterocycles. The Bertz CT molecular complexity index is 384. The molecule has 3 N–H and O–H groups in total. The summed E-state index contributed by atoms with van der Waals surface area (Å²) in [5.41, 5.74) is 4.93. The fourth-order valence-electron chi connectivity index (χ4n) is 1.90. The van der Waals surface area contributed by atoms with Crippen LogP contribution in [0.1, 0.15) is 38.6 Å². The standard InChI is InChI=1S/C12H23ClN4/c1-6-12(3,4)10(15-14)7-9-11(13)8(2)16-17(9)5/h10,15H,6-7,14H2,1-5H3. The maximum absolute atomic E-state index is 6.26. The number of rotatable bonds is 5. The van der Waals surface area contributed by atoms with Crippen molar-refractivity contribution < 1.29 is 0 Å². The smallest absolute Gasteiger partial charge is 0.0847 e. The van der Waals surface area contributed by atoms with Crippen molar-refractivity contribution in [3.63, 3.8) is 0 Å². The van der Waals surface area contributed by atoms with Crippen LogP contribution >= 0.6 is 11.6 Å². The Labute approximate surface area is 108 Å². The van der Waals surface area contributed by atoms with Gasteiger partial charge < -0.3 is 0 Å². The van der Waals surface area contributed by atoms with Crippen molar-refractivity contribution in [2.75, 3.05) is 0 Å². The first-order chi connectivity index (χ1) is 7.83. The number of hydrogen-bond acceptors (Lipinski definition) is 3. The van der Waals surface area contributed by atoms with Gasteiger partial charge in [-0.15, -0.1) is 0 Å².